The van der Waals surface area contributed by atoms with Crippen LogP contribution < -0.4 is 14.5 Å². The predicted molar refractivity (Wildman–Crippen MR) is 361 cm³/mol. The normalized spacial score (nSPS) is 13.3. The summed E-state index contributed by atoms with van der Waals surface area (Å²) in [5.74, 6) is 2.02. The number of aromatic nitrogens is 2. The Kier molecular flexibility index (Phi) is 15.8. The van der Waals surface area contributed by atoms with Gasteiger partial charge in [0.25, 0.3) is 0 Å². The molecule has 0 bridgehead atoms. The Bertz CT molecular complexity index is 4310. The molecule has 1 aliphatic heterocycles. The molecule has 5 nitrogen and oxygen atoms in total. The first kappa shape index (κ1) is 60.7. The van der Waals surface area contributed by atoms with Crippen LogP contribution >= 0.6 is 0 Å². The maximum atomic E-state index is 7.19. The minimum atomic E-state index is -0.394. The maximum Gasteiger partial charge on any atom is 0.135 e. The average Bonchev–Trinajstić information content (AvgIpc) is 1.71. The van der Waals surface area contributed by atoms with Gasteiger partial charge in [0.2, 0.25) is 0 Å². The van der Waals surface area contributed by atoms with Crippen molar-refractivity contribution < 1.29 is 25.8 Å². The van der Waals surface area contributed by atoms with Gasteiger partial charge in [-0.05, 0) is 120 Å². The number of rotatable bonds is 12. The molecule has 87 heavy (non-hydrogen) atoms. The van der Waals surface area contributed by atoms with Gasteiger partial charge in [-0.3, -0.25) is 0 Å². The minimum absolute atomic E-state index is 0. The quantitative estimate of drug-likeness (QED) is 0.114. The van der Waals surface area contributed by atoms with Crippen molar-refractivity contribution in [2.24, 2.45) is 0 Å². The van der Waals surface area contributed by atoms with Crippen LogP contribution in [0, 0.1) is 18.8 Å². The summed E-state index contributed by atoms with van der Waals surface area (Å²) in [5.41, 5.74) is 18.0. The molecule has 0 amide bonds. The van der Waals surface area contributed by atoms with Crippen molar-refractivity contribution in [2.45, 2.75) is 136 Å². The zero-order valence-corrected chi connectivity index (χ0v) is 55.6. The van der Waals surface area contributed by atoms with Gasteiger partial charge in [-0.15, -0.1) is 53.6 Å². The molecule has 1 aliphatic rings. The van der Waals surface area contributed by atoms with E-state index in [0.29, 0.717) is 11.5 Å². The Morgan fingerprint density at radius 2 is 0.920 bits per heavy atom. The van der Waals surface area contributed by atoms with Gasteiger partial charge in [0.05, 0.1) is 0 Å². The summed E-state index contributed by atoms with van der Waals surface area (Å²) in [7, 11) is 0. The average molecular weight is 1320 g/mol. The minimum Gasteiger partial charge on any atom is -0.509 e. The molecule has 0 spiro atoms. The second-order valence-electron chi connectivity index (χ2n) is 28.4. The van der Waals surface area contributed by atoms with Gasteiger partial charge in [-0.2, -0.15) is 6.07 Å². The van der Waals surface area contributed by atoms with Crippen LogP contribution in [0.2, 0.25) is 0 Å². The summed E-state index contributed by atoms with van der Waals surface area (Å²) in [4.78, 5) is 9.87. The fraction of sp³-hybridized carbons (Fsp3) is 0.259. The first-order valence-electron chi connectivity index (χ1n) is 30.5. The number of ether oxygens (including phenoxy) is 1. The third-order valence-electron chi connectivity index (χ3n) is 18.3. The molecule has 6 heteroatoms. The van der Waals surface area contributed by atoms with E-state index in [-0.39, 0.29) is 48.1 Å². The summed E-state index contributed by atoms with van der Waals surface area (Å²) < 4.78 is 9.45. The molecular formula is C81H81N4OPt-3. The van der Waals surface area contributed by atoms with Crippen LogP contribution in [0.5, 0.6) is 11.5 Å². The van der Waals surface area contributed by atoms with E-state index < -0.39 is 5.41 Å². The van der Waals surface area contributed by atoms with Crippen molar-refractivity contribution in [3.8, 4) is 28.4 Å². The third-order valence-corrected chi connectivity index (χ3v) is 18.3. The van der Waals surface area contributed by atoms with E-state index in [2.05, 4.69) is 343 Å². The molecule has 0 atom stereocenters. The molecule has 0 radical (unpaired) electrons. The number of nitrogens with zero attached hydrogens (tertiary/aromatic N) is 4. The van der Waals surface area contributed by atoms with Crippen molar-refractivity contribution in [3.05, 3.63) is 281 Å². The molecule has 2 aromatic heterocycles. The van der Waals surface area contributed by atoms with Crippen LogP contribution in [0.3, 0.4) is 0 Å². The van der Waals surface area contributed by atoms with E-state index in [4.69, 9.17) is 9.72 Å². The molecule has 0 saturated carbocycles. The number of pyridine rings is 1. The second-order valence-corrected chi connectivity index (χ2v) is 28.4. The van der Waals surface area contributed by atoms with Crippen molar-refractivity contribution in [1.29, 1.82) is 0 Å². The molecule has 9 aromatic carbocycles. The van der Waals surface area contributed by atoms with Gasteiger partial charge < -0.3 is 19.1 Å². The number of anilines is 4. The van der Waals surface area contributed by atoms with Crippen molar-refractivity contribution in [3.63, 3.8) is 0 Å². The molecule has 12 rings (SSSR count). The SMILES string of the molecule is CC(C)(C)c1cc(Oc2[c-]c3c(cc2)c2cc(C(C)(C)C)ccc2n3-c2cc(C(C)(C)c3ccccc3)ccn2)[c-]c(N2[CH-]N(c3cc(-c4ccccc4)cc(C(C)(C)C)c3)c3cc(C(C)(C)c4ccccc4)c(C(C)(C)c4ccccc4)cc32)c1.[Pt]. The largest absolute Gasteiger partial charge is 0.509 e. The van der Waals surface area contributed by atoms with Crippen molar-refractivity contribution >= 4 is 44.6 Å². The summed E-state index contributed by atoms with van der Waals surface area (Å²) in [6, 6.07) is 83.2. The molecule has 0 N–H and O–H groups in total. The van der Waals surface area contributed by atoms with Gasteiger partial charge in [0.15, 0.2) is 0 Å². The molecule has 0 aliphatic carbocycles. The maximum absolute atomic E-state index is 7.19. The molecular weight excluding hydrogens is 1240 g/mol. The Balaban J connectivity index is 0.00000784. The molecule has 11 aromatic rings. The summed E-state index contributed by atoms with van der Waals surface area (Å²) in [6.45, 7) is 36.9. The molecule has 0 saturated heterocycles. The number of hydrogen-bond donors (Lipinski definition) is 0. The van der Waals surface area contributed by atoms with Crippen LogP contribution in [-0.2, 0) is 53.6 Å². The smallest absolute Gasteiger partial charge is 0.135 e. The number of fused-ring (bicyclic) bond motifs is 4. The van der Waals surface area contributed by atoms with Gasteiger partial charge in [0.1, 0.15) is 5.82 Å². The third kappa shape index (κ3) is 11.5. The van der Waals surface area contributed by atoms with Crippen LogP contribution in [0.15, 0.2) is 212 Å². The standard InChI is InChI=1S/C81H81N4O.Pt/c1-76(2,3)59-36-39-71-68(47-59)67-38-37-65(50-72(67)85(71)75-48-60(40-41-82-75)79(10,11)56-30-22-17-23-31-56)86-66-46-62(78(7,8)9)45-64(49-66)84-53-83(63-43-55(54-28-20-16-21-29-54)42-61(44-63)77(4,5)6)73-51-69(80(12,13)57-32-24-18-25-33-57)70(52-74(73)84)81(14,15)58-34-26-19-27-35-58;/h16-48,51-53H,1-15H3;/q-3;. The summed E-state index contributed by atoms with van der Waals surface area (Å²) in [5, 5.41) is 2.23. The Morgan fingerprint density at radius 1 is 0.391 bits per heavy atom. The van der Waals surface area contributed by atoms with E-state index >= 15 is 0 Å². The zero-order chi connectivity index (χ0) is 60.7. The summed E-state index contributed by atoms with van der Waals surface area (Å²) >= 11 is 0. The van der Waals surface area contributed by atoms with Crippen LogP contribution in [0.1, 0.15) is 154 Å². The van der Waals surface area contributed by atoms with E-state index in [1.165, 1.54) is 55.6 Å². The number of hydrogen-bond acceptors (Lipinski definition) is 4. The predicted octanol–water partition coefficient (Wildman–Crippen LogP) is 21.5. The monoisotopic (exact) mass is 1320 g/mol. The summed E-state index contributed by atoms with van der Waals surface area (Å²) in [6.07, 6.45) is 1.94. The molecule has 3 heterocycles. The first-order chi connectivity index (χ1) is 40.8. The second kappa shape index (κ2) is 22.6. The van der Waals surface area contributed by atoms with Crippen LogP contribution in [-0.4, -0.2) is 9.55 Å². The van der Waals surface area contributed by atoms with E-state index in [9.17, 15) is 0 Å². The van der Waals surface area contributed by atoms with Crippen LogP contribution in [0.25, 0.3) is 38.8 Å². The van der Waals surface area contributed by atoms with Crippen LogP contribution in [0.4, 0.5) is 22.7 Å². The Morgan fingerprint density at radius 3 is 1.48 bits per heavy atom. The van der Waals surface area contributed by atoms with Gasteiger partial charge in [-0.1, -0.05) is 249 Å². The van der Waals surface area contributed by atoms with Gasteiger partial charge in [-0.25, -0.2) is 4.98 Å². The Hall–Kier alpha value is -7.98. The Labute approximate surface area is 532 Å². The van der Waals surface area contributed by atoms with Crippen molar-refractivity contribution in [2.75, 3.05) is 9.80 Å². The number of benzene rings is 9. The first-order valence-corrected chi connectivity index (χ1v) is 30.5. The van der Waals surface area contributed by atoms with Gasteiger partial charge in [0, 0.05) is 77.6 Å². The zero-order valence-electron chi connectivity index (χ0n) is 53.3. The van der Waals surface area contributed by atoms with E-state index in [1.807, 2.05) is 6.20 Å². The van der Waals surface area contributed by atoms with Gasteiger partial charge >= 0.3 is 0 Å². The fourth-order valence-corrected chi connectivity index (χ4v) is 12.5. The molecule has 0 fully saturated rings. The van der Waals surface area contributed by atoms with E-state index in [1.54, 1.807) is 0 Å². The van der Waals surface area contributed by atoms with Crippen molar-refractivity contribution in [1.82, 2.24) is 9.55 Å². The fourth-order valence-electron chi connectivity index (χ4n) is 12.5. The molecule has 0 unspecified atom stereocenters. The topological polar surface area (TPSA) is 33.5 Å². The van der Waals surface area contributed by atoms with E-state index in [0.717, 1.165) is 55.9 Å². The molecule has 444 valence electrons.